The molecular formula is C15H11NO3. The average molecular weight is 253 g/mol. The number of nitrogens with zero attached hydrogens (tertiary/aromatic N) is 1. The zero-order valence-electron chi connectivity index (χ0n) is 10.3. The van der Waals surface area contributed by atoms with E-state index in [1.807, 2.05) is 24.3 Å². The van der Waals surface area contributed by atoms with Crippen molar-refractivity contribution in [1.82, 2.24) is 0 Å². The monoisotopic (exact) mass is 253 g/mol. The first-order valence-corrected chi connectivity index (χ1v) is 5.55. The van der Waals surface area contributed by atoms with Gasteiger partial charge in [-0.25, -0.2) is 0 Å². The third-order valence-corrected chi connectivity index (χ3v) is 2.77. The largest absolute Gasteiger partial charge is 0.497 e. The average Bonchev–Trinajstić information content (AvgIpc) is 2.46. The Bertz CT molecular complexity index is 654. The fourth-order valence-electron chi connectivity index (χ4n) is 1.77. The molecule has 0 aliphatic heterocycles. The number of terminal acetylenes is 1. The molecule has 2 aromatic carbocycles. The Balaban J connectivity index is 2.46. The summed E-state index contributed by atoms with van der Waals surface area (Å²) >= 11 is 0. The van der Waals surface area contributed by atoms with Crippen LogP contribution in [0, 0.1) is 22.5 Å². The van der Waals surface area contributed by atoms with Gasteiger partial charge in [0.05, 0.1) is 12.0 Å². The molecule has 0 atom stereocenters. The summed E-state index contributed by atoms with van der Waals surface area (Å²) in [6, 6.07) is 12.1. The highest BCUT2D eigenvalue weighted by Gasteiger charge is 2.12. The van der Waals surface area contributed by atoms with Crippen LogP contribution in [-0.2, 0) is 0 Å². The van der Waals surface area contributed by atoms with Crippen molar-refractivity contribution < 1.29 is 9.66 Å². The minimum absolute atomic E-state index is 0.0558. The van der Waals surface area contributed by atoms with Gasteiger partial charge in [0.2, 0.25) is 0 Å². The fraction of sp³-hybridized carbons (Fsp3) is 0.0667. The molecule has 0 fully saturated rings. The third kappa shape index (κ3) is 2.55. The maximum Gasteiger partial charge on any atom is 0.284 e. The summed E-state index contributed by atoms with van der Waals surface area (Å²) in [6.07, 6.45) is 5.31. The summed E-state index contributed by atoms with van der Waals surface area (Å²) in [5.74, 6) is 3.10. The lowest BCUT2D eigenvalue weighted by Gasteiger charge is -2.05. The van der Waals surface area contributed by atoms with Crippen molar-refractivity contribution in [2.45, 2.75) is 0 Å². The van der Waals surface area contributed by atoms with Crippen LogP contribution in [-0.4, -0.2) is 12.0 Å². The quantitative estimate of drug-likeness (QED) is 0.479. The SMILES string of the molecule is C#Cc1cc(-c2ccc(OC)cc2)ccc1[N+](=O)[O-]. The topological polar surface area (TPSA) is 52.4 Å². The third-order valence-electron chi connectivity index (χ3n) is 2.77. The van der Waals surface area contributed by atoms with Gasteiger partial charge in [0, 0.05) is 6.07 Å². The Labute approximate surface area is 110 Å². The normalized spacial score (nSPS) is 9.68. The Kier molecular flexibility index (Phi) is 3.48. The summed E-state index contributed by atoms with van der Waals surface area (Å²) in [4.78, 5) is 10.3. The van der Waals surface area contributed by atoms with Gasteiger partial charge in [0.25, 0.3) is 5.69 Å². The van der Waals surface area contributed by atoms with Gasteiger partial charge >= 0.3 is 0 Å². The van der Waals surface area contributed by atoms with E-state index in [1.165, 1.54) is 6.07 Å². The molecular weight excluding hydrogens is 242 g/mol. The standard InChI is InChI=1S/C15H11NO3/c1-3-11-10-13(6-9-15(11)16(17)18)12-4-7-14(19-2)8-5-12/h1,4-10H,2H3. The van der Waals surface area contributed by atoms with E-state index in [1.54, 1.807) is 19.2 Å². The van der Waals surface area contributed by atoms with Gasteiger partial charge < -0.3 is 4.74 Å². The van der Waals surface area contributed by atoms with Crippen molar-refractivity contribution >= 4 is 5.69 Å². The van der Waals surface area contributed by atoms with Crippen LogP contribution in [0.3, 0.4) is 0 Å². The highest BCUT2D eigenvalue weighted by atomic mass is 16.6. The zero-order valence-corrected chi connectivity index (χ0v) is 10.3. The highest BCUT2D eigenvalue weighted by Crippen LogP contribution is 2.27. The molecule has 19 heavy (non-hydrogen) atoms. The number of methoxy groups -OCH3 is 1. The molecule has 0 unspecified atom stereocenters. The number of rotatable bonds is 3. The van der Waals surface area contributed by atoms with Crippen LogP contribution in [0.5, 0.6) is 5.75 Å². The smallest absolute Gasteiger partial charge is 0.284 e. The van der Waals surface area contributed by atoms with Crippen LogP contribution < -0.4 is 4.74 Å². The van der Waals surface area contributed by atoms with E-state index in [0.717, 1.165) is 16.9 Å². The molecule has 94 valence electrons. The number of hydrogen-bond acceptors (Lipinski definition) is 3. The molecule has 0 radical (unpaired) electrons. The molecule has 4 nitrogen and oxygen atoms in total. The maximum absolute atomic E-state index is 10.8. The molecule has 4 heteroatoms. The van der Waals surface area contributed by atoms with Crippen molar-refractivity contribution in [1.29, 1.82) is 0 Å². The summed E-state index contributed by atoms with van der Waals surface area (Å²) in [6.45, 7) is 0. The van der Waals surface area contributed by atoms with E-state index in [0.29, 0.717) is 0 Å². The molecule has 0 saturated heterocycles. The van der Waals surface area contributed by atoms with Crippen LogP contribution in [0.2, 0.25) is 0 Å². The number of ether oxygens (including phenoxy) is 1. The van der Waals surface area contributed by atoms with Gasteiger partial charge in [-0.1, -0.05) is 18.1 Å². The van der Waals surface area contributed by atoms with Crippen molar-refractivity contribution in [3.05, 3.63) is 58.1 Å². The van der Waals surface area contributed by atoms with Gasteiger partial charge in [-0.2, -0.15) is 0 Å². The molecule has 0 aliphatic rings. The van der Waals surface area contributed by atoms with Crippen molar-refractivity contribution in [3.8, 4) is 29.2 Å². The highest BCUT2D eigenvalue weighted by molar-refractivity contribution is 5.69. The van der Waals surface area contributed by atoms with Gasteiger partial charge in [-0.15, -0.1) is 6.42 Å². The number of hydrogen-bond donors (Lipinski definition) is 0. The zero-order chi connectivity index (χ0) is 13.8. The van der Waals surface area contributed by atoms with Crippen molar-refractivity contribution in [2.75, 3.05) is 7.11 Å². The second-order valence-corrected chi connectivity index (χ2v) is 3.86. The minimum atomic E-state index is -0.479. The van der Waals surface area contributed by atoms with Crippen LogP contribution in [0.1, 0.15) is 5.56 Å². The fourth-order valence-corrected chi connectivity index (χ4v) is 1.77. The summed E-state index contributed by atoms with van der Waals surface area (Å²) < 4.78 is 5.08. The number of benzene rings is 2. The maximum atomic E-state index is 10.8. The molecule has 0 spiro atoms. The predicted molar refractivity (Wildman–Crippen MR) is 73.0 cm³/mol. The predicted octanol–water partition coefficient (Wildman–Crippen LogP) is 3.25. The molecule has 0 aromatic heterocycles. The van der Waals surface area contributed by atoms with E-state index in [-0.39, 0.29) is 11.3 Å². The van der Waals surface area contributed by atoms with Gasteiger partial charge in [-0.05, 0) is 35.4 Å². The minimum Gasteiger partial charge on any atom is -0.497 e. The first-order chi connectivity index (χ1) is 9.15. The number of nitro benzene ring substituents is 1. The van der Waals surface area contributed by atoms with Gasteiger partial charge in [-0.3, -0.25) is 10.1 Å². The van der Waals surface area contributed by atoms with Crippen LogP contribution in [0.25, 0.3) is 11.1 Å². The van der Waals surface area contributed by atoms with E-state index < -0.39 is 4.92 Å². The first kappa shape index (κ1) is 12.7. The Morgan fingerprint density at radius 2 is 1.79 bits per heavy atom. The molecule has 2 rings (SSSR count). The van der Waals surface area contributed by atoms with E-state index >= 15 is 0 Å². The Morgan fingerprint density at radius 1 is 1.16 bits per heavy atom. The second-order valence-electron chi connectivity index (χ2n) is 3.86. The lowest BCUT2D eigenvalue weighted by molar-refractivity contribution is -0.385. The molecule has 0 heterocycles. The molecule has 0 aliphatic carbocycles. The van der Waals surface area contributed by atoms with Crippen LogP contribution in [0.4, 0.5) is 5.69 Å². The van der Waals surface area contributed by atoms with E-state index in [2.05, 4.69) is 5.92 Å². The summed E-state index contributed by atoms with van der Waals surface area (Å²) in [5.41, 5.74) is 1.98. The van der Waals surface area contributed by atoms with Crippen LogP contribution in [0.15, 0.2) is 42.5 Å². The van der Waals surface area contributed by atoms with E-state index in [4.69, 9.17) is 11.2 Å². The molecule has 0 N–H and O–H groups in total. The molecule has 0 amide bonds. The lowest BCUT2D eigenvalue weighted by atomic mass is 10.0. The van der Waals surface area contributed by atoms with Gasteiger partial charge in [0.1, 0.15) is 11.3 Å². The summed E-state index contributed by atoms with van der Waals surface area (Å²) in [7, 11) is 1.59. The lowest BCUT2D eigenvalue weighted by Crippen LogP contribution is -1.92. The molecule has 0 bridgehead atoms. The summed E-state index contributed by atoms with van der Waals surface area (Å²) in [5, 5.41) is 10.8. The Hall–Kier alpha value is -2.80. The Morgan fingerprint density at radius 3 is 2.32 bits per heavy atom. The number of nitro groups is 1. The van der Waals surface area contributed by atoms with Crippen LogP contribution >= 0.6 is 0 Å². The molecule has 0 saturated carbocycles. The van der Waals surface area contributed by atoms with Gasteiger partial charge in [0.15, 0.2) is 0 Å². The molecule has 2 aromatic rings. The van der Waals surface area contributed by atoms with Crippen molar-refractivity contribution in [2.24, 2.45) is 0 Å². The second kappa shape index (κ2) is 5.23. The first-order valence-electron chi connectivity index (χ1n) is 5.55. The van der Waals surface area contributed by atoms with Crippen molar-refractivity contribution in [3.63, 3.8) is 0 Å². The van der Waals surface area contributed by atoms with E-state index in [9.17, 15) is 10.1 Å².